The molecule has 3 nitrogen and oxygen atoms in total. The van der Waals surface area contributed by atoms with Gasteiger partial charge in [0, 0.05) is 25.0 Å². The Hall–Kier alpha value is -0.260. The van der Waals surface area contributed by atoms with Crippen LogP contribution in [0, 0.1) is 17.8 Å². The number of rotatable bonds is 3. The van der Waals surface area contributed by atoms with Crippen LogP contribution in [0.25, 0.3) is 0 Å². The van der Waals surface area contributed by atoms with Gasteiger partial charge in [-0.3, -0.25) is 0 Å². The van der Waals surface area contributed by atoms with Crippen molar-refractivity contribution in [1.82, 2.24) is 10.6 Å². The normalized spacial score (nSPS) is 52.6. The highest BCUT2D eigenvalue weighted by Gasteiger charge is 2.54. The highest BCUT2D eigenvalue weighted by molar-refractivity contribution is 5.08. The fourth-order valence-electron chi connectivity index (χ4n) is 5.54. The van der Waals surface area contributed by atoms with E-state index in [4.69, 9.17) is 0 Å². The highest BCUT2D eigenvalue weighted by atomic mass is 19.3. The standard InChI is InChI=1S/C15H24F2N2O/c16-15(17)6-12(19-8-15)7-18-13-10-1-9-2-11(13)5-14(20,3-9)4-10/h9-13,18-20H,1-8H2. The smallest absolute Gasteiger partial charge is 0.261 e. The minimum Gasteiger partial charge on any atom is -0.390 e. The lowest BCUT2D eigenvalue weighted by atomic mass is 9.52. The van der Waals surface area contributed by atoms with Gasteiger partial charge in [0.25, 0.3) is 5.92 Å². The SMILES string of the molecule is OC12CC3CC(C1)C(NCC1CC(F)(F)CN1)C(C3)C2. The van der Waals surface area contributed by atoms with Crippen LogP contribution >= 0.6 is 0 Å². The zero-order valence-electron chi connectivity index (χ0n) is 11.7. The third-order valence-electron chi connectivity index (χ3n) is 6.04. The van der Waals surface area contributed by atoms with Gasteiger partial charge in [0.05, 0.1) is 12.1 Å². The Morgan fingerprint density at radius 2 is 1.80 bits per heavy atom. The maximum absolute atomic E-state index is 13.2. The zero-order valence-corrected chi connectivity index (χ0v) is 11.7. The number of hydrogen-bond donors (Lipinski definition) is 3. The van der Waals surface area contributed by atoms with E-state index in [1.165, 1.54) is 12.8 Å². The third kappa shape index (κ3) is 2.28. The van der Waals surface area contributed by atoms with Crippen molar-refractivity contribution < 1.29 is 13.9 Å². The van der Waals surface area contributed by atoms with Crippen molar-refractivity contribution in [3.8, 4) is 0 Å². The monoisotopic (exact) mass is 286 g/mol. The van der Waals surface area contributed by atoms with Crippen LogP contribution in [0.3, 0.4) is 0 Å². The fraction of sp³-hybridized carbons (Fsp3) is 1.00. The maximum atomic E-state index is 13.2. The summed E-state index contributed by atoms with van der Waals surface area (Å²) < 4.78 is 26.3. The van der Waals surface area contributed by atoms with E-state index in [1.54, 1.807) is 0 Å². The first-order valence-electron chi connectivity index (χ1n) is 7.99. The van der Waals surface area contributed by atoms with Crippen molar-refractivity contribution in [2.24, 2.45) is 17.8 Å². The molecular formula is C15H24F2N2O. The number of halogens is 2. The molecule has 1 heterocycles. The Morgan fingerprint density at radius 1 is 1.10 bits per heavy atom. The molecule has 0 radical (unpaired) electrons. The van der Waals surface area contributed by atoms with Gasteiger partial charge in [0.15, 0.2) is 0 Å². The molecule has 5 fully saturated rings. The summed E-state index contributed by atoms with van der Waals surface area (Å²) in [6.07, 6.45) is 5.19. The molecule has 3 unspecified atom stereocenters. The van der Waals surface area contributed by atoms with Gasteiger partial charge in [-0.15, -0.1) is 0 Å². The largest absolute Gasteiger partial charge is 0.390 e. The molecule has 5 rings (SSSR count). The van der Waals surface area contributed by atoms with Gasteiger partial charge in [-0.25, -0.2) is 8.78 Å². The average Bonchev–Trinajstić information content (AvgIpc) is 2.66. The summed E-state index contributed by atoms with van der Waals surface area (Å²) in [6, 6.07) is 0.327. The first kappa shape index (κ1) is 13.4. The van der Waals surface area contributed by atoms with Crippen molar-refractivity contribution in [3.63, 3.8) is 0 Å². The Morgan fingerprint density at radius 3 is 2.35 bits per heavy atom. The third-order valence-corrected chi connectivity index (χ3v) is 6.04. The van der Waals surface area contributed by atoms with E-state index < -0.39 is 11.5 Å². The highest BCUT2D eigenvalue weighted by Crippen LogP contribution is 2.55. The molecular weight excluding hydrogens is 262 g/mol. The second kappa shape index (κ2) is 4.37. The van der Waals surface area contributed by atoms with E-state index in [0.717, 1.165) is 19.3 Å². The minimum atomic E-state index is -2.54. The van der Waals surface area contributed by atoms with Gasteiger partial charge < -0.3 is 15.7 Å². The van der Waals surface area contributed by atoms with E-state index in [1.807, 2.05) is 0 Å². The van der Waals surface area contributed by atoms with Crippen LogP contribution in [0.2, 0.25) is 0 Å². The molecule has 4 aliphatic carbocycles. The molecule has 0 amide bonds. The fourth-order valence-corrected chi connectivity index (χ4v) is 5.54. The van der Waals surface area contributed by atoms with Crippen LogP contribution in [0.5, 0.6) is 0 Å². The van der Waals surface area contributed by atoms with Gasteiger partial charge in [-0.1, -0.05) is 0 Å². The molecule has 0 aromatic carbocycles. The number of aliphatic hydroxyl groups is 1. The van der Waals surface area contributed by atoms with E-state index in [0.29, 0.717) is 30.3 Å². The van der Waals surface area contributed by atoms with Crippen molar-refractivity contribution in [3.05, 3.63) is 0 Å². The summed E-state index contributed by atoms with van der Waals surface area (Å²) in [7, 11) is 0. The minimum absolute atomic E-state index is 0.0470. The second-order valence-corrected chi connectivity index (χ2v) is 7.77. The Balaban J connectivity index is 1.36. The quantitative estimate of drug-likeness (QED) is 0.737. The summed E-state index contributed by atoms with van der Waals surface area (Å²) in [5, 5.41) is 17.0. The van der Waals surface area contributed by atoms with Crippen LogP contribution in [0.1, 0.15) is 38.5 Å². The van der Waals surface area contributed by atoms with Gasteiger partial charge in [0.1, 0.15) is 0 Å². The van der Waals surface area contributed by atoms with Crippen molar-refractivity contribution >= 4 is 0 Å². The Bertz CT molecular complexity index is 387. The van der Waals surface area contributed by atoms with Gasteiger partial charge in [-0.2, -0.15) is 0 Å². The topological polar surface area (TPSA) is 44.3 Å². The molecule has 3 atom stereocenters. The lowest BCUT2D eigenvalue weighted by Gasteiger charge is -2.58. The zero-order chi connectivity index (χ0) is 14.0. The molecule has 3 N–H and O–H groups in total. The molecule has 5 heteroatoms. The summed E-state index contributed by atoms with van der Waals surface area (Å²) >= 11 is 0. The molecule has 4 saturated carbocycles. The van der Waals surface area contributed by atoms with Crippen LogP contribution in [0.4, 0.5) is 8.78 Å². The van der Waals surface area contributed by atoms with Crippen molar-refractivity contribution in [1.29, 1.82) is 0 Å². The van der Waals surface area contributed by atoms with E-state index in [9.17, 15) is 13.9 Å². The summed E-state index contributed by atoms with van der Waals surface area (Å²) in [5.74, 6) is -0.739. The molecule has 0 aromatic heterocycles. The Labute approximate surface area is 118 Å². The first-order valence-corrected chi connectivity index (χ1v) is 7.99. The molecule has 0 spiro atoms. The predicted octanol–water partition coefficient (Wildman–Crippen LogP) is 1.51. The molecule has 5 aliphatic rings. The van der Waals surface area contributed by atoms with Gasteiger partial charge in [-0.05, 0) is 49.9 Å². The maximum Gasteiger partial charge on any atom is 0.261 e. The van der Waals surface area contributed by atoms with Crippen LogP contribution in [0.15, 0.2) is 0 Å². The lowest BCUT2D eigenvalue weighted by molar-refractivity contribution is -0.138. The summed E-state index contributed by atoms with van der Waals surface area (Å²) in [4.78, 5) is 0. The van der Waals surface area contributed by atoms with E-state index in [-0.39, 0.29) is 19.0 Å². The number of hydrogen-bond acceptors (Lipinski definition) is 3. The summed E-state index contributed by atoms with van der Waals surface area (Å²) in [5.41, 5.74) is -0.409. The van der Waals surface area contributed by atoms with E-state index in [2.05, 4.69) is 10.6 Å². The van der Waals surface area contributed by atoms with Crippen molar-refractivity contribution in [2.45, 2.75) is 62.1 Å². The number of nitrogens with one attached hydrogen (secondary N) is 2. The van der Waals surface area contributed by atoms with E-state index >= 15 is 0 Å². The molecule has 1 aliphatic heterocycles. The van der Waals surface area contributed by atoms with Crippen LogP contribution < -0.4 is 10.6 Å². The second-order valence-electron chi connectivity index (χ2n) is 7.77. The van der Waals surface area contributed by atoms with Gasteiger partial charge >= 0.3 is 0 Å². The molecule has 1 saturated heterocycles. The average molecular weight is 286 g/mol. The molecule has 4 bridgehead atoms. The predicted molar refractivity (Wildman–Crippen MR) is 71.7 cm³/mol. The molecule has 20 heavy (non-hydrogen) atoms. The van der Waals surface area contributed by atoms with Crippen LogP contribution in [-0.2, 0) is 0 Å². The molecule has 0 aromatic rings. The Kier molecular flexibility index (Phi) is 2.93. The first-order chi connectivity index (χ1) is 9.43. The van der Waals surface area contributed by atoms with Crippen LogP contribution in [-0.4, -0.2) is 41.8 Å². The lowest BCUT2D eigenvalue weighted by Crippen LogP contribution is -2.61. The molecule has 114 valence electrons. The van der Waals surface area contributed by atoms with Gasteiger partial charge in [0.2, 0.25) is 0 Å². The number of alkyl halides is 2. The van der Waals surface area contributed by atoms with Crippen molar-refractivity contribution in [2.75, 3.05) is 13.1 Å². The summed E-state index contributed by atoms with van der Waals surface area (Å²) in [6.45, 7) is 0.453.